The second-order valence-electron chi connectivity index (χ2n) is 0.644. The van der Waals surface area contributed by atoms with Gasteiger partial charge >= 0.3 is 0 Å². The molecule has 1 saturated heterocycles. The van der Waals surface area contributed by atoms with Gasteiger partial charge in [0, 0.05) is 5.75 Å². The van der Waals surface area contributed by atoms with Gasteiger partial charge < -0.3 is 4.18 Å². The Morgan fingerprint density at radius 2 is 2.00 bits per heavy atom. The van der Waals surface area contributed by atoms with Gasteiger partial charge in [-0.05, 0) is 12.0 Å². The zero-order valence-electron chi connectivity index (χ0n) is 2.23. The van der Waals surface area contributed by atoms with Crippen LogP contribution in [0.1, 0.15) is 0 Å². The lowest BCUT2D eigenvalue weighted by Gasteiger charge is -2.06. The minimum Gasteiger partial charge on any atom is -0.314 e. The average molecular weight is 76.1 g/mol. The fourth-order valence-corrected chi connectivity index (χ4v) is 0.250. The van der Waals surface area contributed by atoms with Crippen LogP contribution < -0.4 is 0 Å². The van der Waals surface area contributed by atoms with Crippen LogP contribution in [0, 0.1) is 0 Å². The summed E-state index contributed by atoms with van der Waals surface area (Å²) in [4.78, 5) is 0. The summed E-state index contributed by atoms with van der Waals surface area (Å²) in [7, 11) is 0. The van der Waals surface area contributed by atoms with Gasteiger partial charge in [-0.15, -0.1) is 0 Å². The lowest BCUT2D eigenvalue weighted by Crippen LogP contribution is -2.00. The summed E-state index contributed by atoms with van der Waals surface area (Å²) in [6.45, 7) is 0.963. The number of hydrogen-bond acceptors (Lipinski definition) is 2. The Labute approximate surface area is 29.5 Å². The van der Waals surface area contributed by atoms with E-state index >= 15 is 0 Å². The van der Waals surface area contributed by atoms with E-state index in [-0.39, 0.29) is 0 Å². The molecule has 0 aromatic rings. The first-order valence-corrected chi connectivity index (χ1v) is 2.15. The molecule has 0 aromatic heterocycles. The van der Waals surface area contributed by atoms with Crippen LogP contribution in [0.5, 0.6) is 0 Å². The maximum absolute atomic E-state index is 4.64. The van der Waals surface area contributed by atoms with Gasteiger partial charge in [0.15, 0.2) is 0 Å². The third-order valence-corrected chi connectivity index (χ3v) is 1.00. The molecule has 0 unspecified atom stereocenters. The normalized spacial score (nSPS) is 24.0. The molecule has 0 radical (unpaired) electrons. The highest BCUT2D eigenvalue weighted by atomic mass is 32.2. The summed E-state index contributed by atoms with van der Waals surface area (Å²) >= 11 is 1.54. The molecular weight excluding hydrogens is 72.1 g/mol. The molecule has 24 valence electrons. The number of hydrogen-bond donors (Lipinski definition) is 0. The Kier molecular flexibility index (Phi) is 0.604. The van der Waals surface area contributed by atoms with Crippen LogP contribution in [0.2, 0.25) is 0 Å². The van der Waals surface area contributed by atoms with Crippen molar-refractivity contribution in [3.05, 3.63) is 0 Å². The van der Waals surface area contributed by atoms with Crippen molar-refractivity contribution in [2.24, 2.45) is 0 Å². The van der Waals surface area contributed by atoms with E-state index in [4.69, 9.17) is 0 Å². The molecule has 0 aromatic carbocycles. The molecule has 0 atom stereocenters. The second kappa shape index (κ2) is 0.951. The highest BCUT2D eigenvalue weighted by Crippen LogP contribution is 2.11. The van der Waals surface area contributed by atoms with E-state index in [1.54, 1.807) is 0 Å². The summed E-state index contributed by atoms with van der Waals surface area (Å²) in [5, 5.41) is 0. The fraction of sp³-hybridized carbons (Fsp3) is 1.00. The molecular formula is C2H4OS. The van der Waals surface area contributed by atoms with Gasteiger partial charge in [-0.1, -0.05) is 0 Å². The third kappa shape index (κ3) is 0.213. The first-order chi connectivity index (χ1) is 2.00. The molecule has 1 fully saturated rings. The summed E-state index contributed by atoms with van der Waals surface area (Å²) in [5.74, 6) is 1.19. The Morgan fingerprint density at radius 1 is 1.75 bits per heavy atom. The number of rotatable bonds is 0. The third-order valence-electron chi connectivity index (χ3n) is 0.333. The molecule has 0 N–H and O–H groups in total. The van der Waals surface area contributed by atoms with Crippen molar-refractivity contribution in [1.29, 1.82) is 0 Å². The molecule has 4 heavy (non-hydrogen) atoms. The standard InChI is InChI=1S/C2H4OS/c1-2-4-3-1/h1-2H2. The van der Waals surface area contributed by atoms with Gasteiger partial charge in [0.1, 0.15) is 0 Å². The Bertz CT molecular complexity index is 14.0. The topological polar surface area (TPSA) is 9.23 Å². The van der Waals surface area contributed by atoms with Crippen molar-refractivity contribution < 1.29 is 4.18 Å². The summed E-state index contributed by atoms with van der Waals surface area (Å²) in [5.41, 5.74) is 0. The first kappa shape index (κ1) is 2.54. The van der Waals surface area contributed by atoms with Crippen molar-refractivity contribution in [3.8, 4) is 0 Å². The molecule has 1 aliphatic heterocycles. The summed E-state index contributed by atoms with van der Waals surface area (Å²) in [6, 6.07) is 0. The zero-order chi connectivity index (χ0) is 2.83. The molecule has 1 nitrogen and oxygen atoms in total. The molecule has 0 saturated carbocycles. The molecule has 0 spiro atoms. The Hall–Kier alpha value is 0.310. The van der Waals surface area contributed by atoms with Gasteiger partial charge in [-0.25, -0.2) is 0 Å². The van der Waals surface area contributed by atoms with E-state index in [1.165, 1.54) is 17.8 Å². The summed E-state index contributed by atoms with van der Waals surface area (Å²) < 4.78 is 4.64. The molecule has 1 aliphatic rings. The van der Waals surface area contributed by atoms with Crippen LogP contribution >= 0.6 is 12.0 Å². The van der Waals surface area contributed by atoms with Crippen LogP contribution in [0.15, 0.2) is 0 Å². The fourth-order valence-electron chi connectivity index (χ4n) is 0.0833. The largest absolute Gasteiger partial charge is 0.314 e. The van der Waals surface area contributed by atoms with Crippen molar-refractivity contribution in [2.75, 3.05) is 12.4 Å². The van der Waals surface area contributed by atoms with Crippen molar-refractivity contribution in [1.82, 2.24) is 0 Å². The highest BCUT2D eigenvalue weighted by molar-refractivity contribution is 7.95. The van der Waals surface area contributed by atoms with Gasteiger partial charge in [-0.3, -0.25) is 0 Å². The molecule has 1 rings (SSSR count). The van der Waals surface area contributed by atoms with Gasteiger partial charge in [-0.2, -0.15) is 0 Å². The predicted octanol–water partition coefficient (Wildman–Crippen LogP) is 0.665. The van der Waals surface area contributed by atoms with Gasteiger partial charge in [0.05, 0.1) is 6.61 Å². The average Bonchev–Trinajstić information content (AvgIpc) is 0.722. The Morgan fingerprint density at radius 3 is 2.00 bits per heavy atom. The van der Waals surface area contributed by atoms with E-state index in [2.05, 4.69) is 4.18 Å². The first-order valence-electron chi connectivity index (χ1n) is 1.24. The highest BCUT2D eigenvalue weighted by Gasteiger charge is 1.96. The predicted molar refractivity (Wildman–Crippen MR) is 18.4 cm³/mol. The maximum Gasteiger partial charge on any atom is 0.0726 e. The minimum absolute atomic E-state index is 0.963. The molecule has 1 heterocycles. The quantitative estimate of drug-likeness (QED) is 0.392. The zero-order valence-corrected chi connectivity index (χ0v) is 3.05. The molecule has 0 amide bonds. The summed E-state index contributed by atoms with van der Waals surface area (Å²) in [6.07, 6.45) is 0. The molecule has 0 bridgehead atoms. The van der Waals surface area contributed by atoms with Crippen LogP contribution in [0.25, 0.3) is 0 Å². The monoisotopic (exact) mass is 76.0 g/mol. The van der Waals surface area contributed by atoms with Crippen LogP contribution in [0.3, 0.4) is 0 Å². The lowest BCUT2D eigenvalue weighted by atomic mass is 10.9. The second-order valence-corrected chi connectivity index (χ2v) is 1.52. The van der Waals surface area contributed by atoms with E-state index in [1.807, 2.05) is 0 Å². The van der Waals surface area contributed by atoms with Crippen molar-refractivity contribution >= 4 is 12.0 Å². The van der Waals surface area contributed by atoms with E-state index in [9.17, 15) is 0 Å². The van der Waals surface area contributed by atoms with E-state index < -0.39 is 0 Å². The van der Waals surface area contributed by atoms with Crippen molar-refractivity contribution in [2.45, 2.75) is 0 Å². The Balaban J connectivity index is 2.00. The maximum atomic E-state index is 4.64. The lowest BCUT2D eigenvalue weighted by molar-refractivity contribution is 0.361. The minimum atomic E-state index is 0.963. The SMILES string of the molecule is C1CSO1. The molecule has 2 heteroatoms. The van der Waals surface area contributed by atoms with Crippen LogP contribution in [-0.2, 0) is 4.18 Å². The smallest absolute Gasteiger partial charge is 0.0726 e. The van der Waals surface area contributed by atoms with Crippen LogP contribution in [0.4, 0.5) is 0 Å². The van der Waals surface area contributed by atoms with Gasteiger partial charge in [0.2, 0.25) is 0 Å². The van der Waals surface area contributed by atoms with E-state index in [0.29, 0.717) is 0 Å². The molecule has 0 aliphatic carbocycles. The van der Waals surface area contributed by atoms with Crippen LogP contribution in [-0.4, -0.2) is 12.4 Å². The van der Waals surface area contributed by atoms with E-state index in [0.717, 1.165) is 6.61 Å². The van der Waals surface area contributed by atoms with Crippen molar-refractivity contribution in [3.63, 3.8) is 0 Å². The van der Waals surface area contributed by atoms with Gasteiger partial charge in [0.25, 0.3) is 0 Å².